The van der Waals surface area contributed by atoms with E-state index < -0.39 is 22.8 Å². The van der Waals surface area contributed by atoms with Gasteiger partial charge in [-0.05, 0) is 30.2 Å². The van der Waals surface area contributed by atoms with Gasteiger partial charge in [-0.25, -0.2) is 33.7 Å². The molecule has 4 aromatic rings. The number of thioether (sulfide) groups is 1. The van der Waals surface area contributed by atoms with E-state index in [1.807, 2.05) is 6.92 Å². The molecule has 13 heteroatoms. The summed E-state index contributed by atoms with van der Waals surface area (Å²) in [4.78, 5) is 21.7. The second kappa shape index (κ2) is 9.46. The molecule has 1 aliphatic heterocycles. The minimum Gasteiger partial charge on any atom is -0.467 e. The highest BCUT2D eigenvalue weighted by atomic mass is 32.2. The lowest BCUT2D eigenvalue weighted by Gasteiger charge is -2.34. The quantitative estimate of drug-likeness (QED) is 0.319. The summed E-state index contributed by atoms with van der Waals surface area (Å²) in [5, 5.41) is 12.7. The van der Waals surface area contributed by atoms with Crippen molar-refractivity contribution < 1.29 is 17.9 Å². The maximum Gasteiger partial charge on any atom is 0.233 e. The Morgan fingerprint density at radius 3 is 2.90 bits per heavy atom. The molecule has 0 radical (unpaired) electrons. The number of halogens is 2. The number of nitrogens with zero attached hydrogens (tertiary/aromatic N) is 6. The standard InChI is InChI=1S/C26H22F2N8O2S/c1-14-22-25(13-27,36-24(30)39-26(14,22)5-6-29)16-10-15(2-3-17(16)28)34-23-21-18(4-7-32-23)35-19(11-33-21)38-12-20-31-8-9-37-20/h2-4,7-11,14,22H,5,12-13H2,1H3,(H2,30,36)(H,32,34)/t14-,22+,25+,26-/m0/s1. The second-order valence-corrected chi connectivity index (χ2v) is 10.8. The van der Waals surface area contributed by atoms with E-state index in [0.29, 0.717) is 28.4 Å². The van der Waals surface area contributed by atoms with Crippen LogP contribution in [0.3, 0.4) is 0 Å². The molecule has 1 aromatic carbocycles. The third kappa shape index (κ3) is 4.11. The summed E-state index contributed by atoms with van der Waals surface area (Å²) in [5.41, 5.74) is 6.06. The van der Waals surface area contributed by atoms with Crippen LogP contribution in [0.2, 0.25) is 0 Å². The van der Waals surface area contributed by atoms with Crippen molar-refractivity contribution in [1.29, 1.82) is 5.26 Å². The first-order valence-corrected chi connectivity index (χ1v) is 12.9. The molecule has 0 spiro atoms. The van der Waals surface area contributed by atoms with Gasteiger partial charge in [-0.2, -0.15) is 5.26 Å². The Kier molecular flexibility index (Phi) is 6.06. The molecular weight excluding hydrogens is 526 g/mol. The molecule has 1 fully saturated rings. The van der Waals surface area contributed by atoms with Gasteiger partial charge in [0.1, 0.15) is 29.8 Å². The van der Waals surface area contributed by atoms with Crippen LogP contribution in [0.25, 0.3) is 11.0 Å². The Labute approximate surface area is 225 Å². The molecule has 0 saturated heterocycles. The molecule has 10 nitrogen and oxygen atoms in total. The zero-order chi connectivity index (χ0) is 27.2. The van der Waals surface area contributed by atoms with Crippen LogP contribution in [0.4, 0.5) is 20.3 Å². The number of aliphatic imine (C=N–C) groups is 1. The summed E-state index contributed by atoms with van der Waals surface area (Å²) in [7, 11) is 0. The first kappa shape index (κ1) is 25.0. The van der Waals surface area contributed by atoms with Crippen LogP contribution in [0.1, 0.15) is 24.8 Å². The number of hydrogen-bond donors (Lipinski definition) is 2. The van der Waals surface area contributed by atoms with Crippen molar-refractivity contribution in [2.75, 3.05) is 12.0 Å². The molecule has 198 valence electrons. The van der Waals surface area contributed by atoms with E-state index in [0.717, 1.165) is 0 Å². The lowest BCUT2D eigenvalue weighted by Crippen LogP contribution is -2.40. The SMILES string of the molecule is C[C@H]1[C@H]2[C@@]1(CC#N)SC(N)=N[C@]2(CF)c1cc(Nc2nccc3nc(OCc4ncco4)cnc23)ccc1F. The summed E-state index contributed by atoms with van der Waals surface area (Å²) in [6.07, 6.45) is 6.15. The van der Waals surface area contributed by atoms with Gasteiger partial charge in [-0.3, -0.25) is 0 Å². The minimum absolute atomic E-state index is 0.0726. The van der Waals surface area contributed by atoms with Crippen LogP contribution in [0.5, 0.6) is 5.88 Å². The predicted molar refractivity (Wildman–Crippen MR) is 140 cm³/mol. The van der Waals surface area contributed by atoms with E-state index >= 15 is 4.39 Å². The van der Waals surface area contributed by atoms with Crippen LogP contribution in [0.15, 0.2) is 58.5 Å². The Bertz CT molecular complexity index is 1630. The number of alkyl halides is 1. The summed E-state index contributed by atoms with van der Waals surface area (Å²) < 4.78 is 40.4. The van der Waals surface area contributed by atoms with Crippen molar-refractivity contribution in [1.82, 2.24) is 19.9 Å². The Morgan fingerprint density at radius 2 is 2.13 bits per heavy atom. The number of rotatable bonds is 8. The number of anilines is 2. The molecule has 0 unspecified atom stereocenters. The molecule has 4 atom stereocenters. The van der Waals surface area contributed by atoms with Crippen molar-refractivity contribution >= 4 is 39.5 Å². The number of ether oxygens (including phenoxy) is 1. The van der Waals surface area contributed by atoms with Gasteiger partial charge >= 0.3 is 0 Å². The van der Waals surface area contributed by atoms with Gasteiger partial charge in [0, 0.05) is 28.1 Å². The predicted octanol–water partition coefficient (Wildman–Crippen LogP) is 4.62. The van der Waals surface area contributed by atoms with Crippen LogP contribution in [-0.4, -0.2) is 36.5 Å². The van der Waals surface area contributed by atoms with Crippen molar-refractivity contribution in [3.63, 3.8) is 0 Å². The molecule has 1 saturated carbocycles. The van der Waals surface area contributed by atoms with Crippen molar-refractivity contribution in [3.05, 3.63) is 66.4 Å². The first-order valence-electron chi connectivity index (χ1n) is 12.1. The van der Waals surface area contributed by atoms with Gasteiger partial charge in [0.05, 0.1) is 30.4 Å². The highest BCUT2D eigenvalue weighted by Crippen LogP contribution is 2.71. The number of oxazole rings is 1. The Hall–Kier alpha value is -4.31. The van der Waals surface area contributed by atoms with E-state index in [4.69, 9.17) is 14.9 Å². The number of nitriles is 1. The van der Waals surface area contributed by atoms with E-state index in [1.54, 1.807) is 12.3 Å². The normalized spacial score (nSPS) is 25.4. The number of aromatic nitrogens is 4. The van der Waals surface area contributed by atoms with Crippen LogP contribution in [-0.2, 0) is 12.1 Å². The van der Waals surface area contributed by atoms with Gasteiger partial charge in [-0.1, -0.05) is 18.7 Å². The number of fused-ring (bicyclic) bond motifs is 2. The molecule has 3 aromatic heterocycles. The monoisotopic (exact) mass is 548 g/mol. The van der Waals surface area contributed by atoms with Crippen molar-refractivity contribution in [3.8, 4) is 11.9 Å². The summed E-state index contributed by atoms with van der Waals surface area (Å²) >= 11 is 1.28. The molecule has 2 aliphatic rings. The smallest absolute Gasteiger partial charge is 0.233 e. The molecule has 6 rings (SSSR count). The molecule has 0 bridgehead atoms. The molecule has 4 heterocycles. The van der Waals surface area contributed by atoms with Crippen molar-refractivity contribution in [2.45, 2.75) is 30.2 Å². The first-order chi connectivity index (χ1) is 18.9. The molecular formula is C26H22F2N8O2S. The minimum atomic E-state index is -1.53. The third-order valence-electron chi connectivity index (χ3n) is 7.33. The summed E-state index contributed by atoms with van der Waals surface area (Å²) in [6, 6.07) is 8.16. The number of benzene rings is 1. The number of amidine groups is 1. The highest BCUT2D eigenvalue weighted by molar-refractivity contribution is 8.15. The second-order valence-electron chi connectivity index (χ2n) is 9.44. The highest BCUT2D eigenvalue weighted by Gasteiger charge is 2.73. The maximum atomic E-state index is 15.3. The number of hydrogen-bond acceptors (Lipinski definition) is 11. The van der Waals surface area contributed by atoms with E-state index in [2.05, 4.69) is 36.3 Å². The molecule has 39 heavy (non-hydrogen) atoms. The fourth-order valence-corrected chi connectivity index (χ4v) is 7.04. The van der Waals surface area contributed by atoms with Gasteiger partial charge in [-0.15, -0.1) is 0 Å². The summed E-state index contributed by atoms with van der Waals surface area (Å²) in [5.74, 6) is -0.0177. The maximum absolute atomic E-state index is 15.3. The van der Waals surface area contributed by atoms with Gasteiger partial charge in [0.15, 0.2) is 17.6 Å². The largest absolute Gasteiger partial charge is 0.467 e. The lowest BCUT2D eigenvalue weighted by molar-refractivity contribution is 0.253. The summed E-state index contributed by atoms with van der Waals surface area (Å²) in [6.45, 7) is 1.07. The van der Waals surface area contributed by atoms with Crippen molar-refractivity contribution in [2.24, 2.45) is 22.6 Å². The fourth-order valence-electron chi connectivity index (χ4n) is 5.52. The molecule has 3 N–H and O–H groups in total. The lowest BCUT2D eigenvalue weighted by atomic mass is 9.83. The molecule has 1 aliphatic carbocycles. The van der Waals surface area contributed by atoms with Gasteiger partial charge in [0.2, 0.25) is 11.8 Å². The fraction of sp³-hybridized carbons (Fsp3) is 0.308. The zero-order valence-electron chi connectivity index (χ0n) is 20.6. The number of nitrogens with one attached hydrogen (secondary N) is 1. The van der Waals surface area contributed by atoms with E-state index in [-0.39, 0.29) is 41.5 Å². The average Bonchev–Trinajstić information content (AvgIpc) is 3.26. The zero-order valence-corrected chi connectivity index (χ0v) is 21.5. The van der Waals surface area contributed by atoms with Crippen LogP contribution in [0, 0.1) is 29.0 Å². The van der Waals surface area contributed by atoms with Gasteiger partial charge in [0.25, 0.3) is 0 Å². The average molecular weight is 549 g/mol. The van der Waals surface area contributed by atoms with Gasteiger partial charge < -0.3 is 20.2 Å². The topological polar surface area (TPSA) is 148 Å². The Balaban J connectivity index is 1.32. The number of pyridine rings is 1. The van der Waals surface area contributed by atoms with Crippen LogP contribution >= 0.6 is 11.8 Å². The van der Waals surface area contributed by atoms with E-state index in [9.17, 15) is 9.65 Å². The Morgan fingerprint density at radius 1 is 1.26 bits per heavy atom. The van der Waals surface area contributed by atoms with E-state index in [1.165, 1.54) is 48.6 Å². The molecule has 0 amide bonds. The van der Waals surface area contributed by atoms with Crippen LogP contribution < -0.4 is 15.8 Å². The third-order valence-corrected chi connectivity index (χ3v) is 8.78. The number of nitrogens with two attached hydrogens (primary N) is 1.